The topological polar surface area (TPSA) is 54.7 Å². The van der Waals surface area contributed by atoms with Gasteiger partial charge in [-0.2, -0.15) is 5.10 Å². The molecule has 2 aromatic heterocycles. The number of piperidine rings is 1. The van der Waals surface area contributed by atoms with Gasteiger partial charge in [-0.05, 0) is 81.3 Å². The van der Waals surface area contributed by atoms with Crippen molar-refractivity contribution >= 4 is 17.2 Å². The van der Waals surface area contributed by atoms with Gasteiger partial charge in [0.05, 0.1) is 11.4 Å². The molecular weight excluding hydrogens is 458 g/mol. The number of nitrogens with one attached hydrogen (secondary N) is 1. The van der Waals surface area contributed by atoms with Crippen molar-refractivity contribution in [3.63, 3.8) is 0 Å². The largest absolute Gasteiger partial charge is 0.381 e. The second kappa shape index (κ2) is 10.6. The van der Waals surface area contributed by atoms with Crippen molar-refractivity contribution in [3.8, 4) is 0 Å². The Morgan fingerprint density at radius 1 is 1.00 bits per heavy atom. The van der Waals surface area contributed by atoms with E-state index >= 15 is 0 Å². The molecular formula is C28H36ClN5O. The second-order valence-electron chi connectivity index (χ2n) is 10.6. The van der Waals surface area contributed by atoms with Crippen molar-refractivity contribution in [3.05, 3.63) is 64.1 Å². The number of halogens is 1. The van der Waals surface area contributed by atoms with Crippen LogP contribution in [0.3, 0.4) is 0 Å². The lowest BCUT2D eigenvalue weighted by molar-refractivity contribution is 0.0662. The Kier molecular flexibility index (Phi) is 7.06. The molecule has 186 valence electrons. The van der Waals surface area contributed by atoms with Crippen molar-refractivity contribution < 1.29 is 4.74 Å². The molecule has 1 saturated carbocycles. The van der Waals surface area contributed by atoms with E-state index in [1.54, 1.807) is 0 Å². The van der Waals surface area contributed by atoms with E-state index in [9.17, 15) is 0 Å². The Morgan fingerprint density at radius 2 is 1.83 bits per heavy atom. The highest BCUT2D eigenvalue weighted by atomic mass is 35.5. The molecule has 1 unspecified atom stereocenters. The molecule has 0 spiro atoms. The molecule has 2 aliphatic heterocycles. The Morgan fingerprint density at radius 3 is 2.63 bits per heavy atom. The molecule has 1 aromatic carbocycles. The molecule has 0 radical (unpaired) electrons. The minimum Gasteiger partial charge on any atom is -0.381 e. The fourth-order valence-electron chi connectivity index (χ4n) is 5.83. The molecule has 1 N–H and O–H groups in total. The van der Waals surface area contributed by atoms with Crippen LogP contribution in [-0.2, 0) is 17.8 Å². The van der Waals surface area contributed by atoms with Crippen LogP contribution in [0.2, 0.25) is 5.02 Å². The zero-order valence-electron chi connectivity index (χ0n) is 20.5. The van der Waals surface area contributed by atoms with Crippen LogP contribution >= 0.6 is 11.6 Å². The van der Waals surface area contributed by atoms with E-state index in [4.69, 9.17) is 26.4 Å². The van der Waals surface area contributed by atoms with Gasteiger partial charge in [-0.25, -0.2) is 9.50 Å². The second-order valence-corrected chi connectivity index (χ2v) is 11.1. The van der Waals surface area contributed by atoms with Crippen LogP contribution < -0.4 is 5.32 Å². The van der Waals surface area contributed by atoms with E-state index < -0.39 is 0 Å². The fraction of sp³-hybridized carbons (Fsp3) is 0.571. The predicted molar refractivity (Wildman–Crippen MR) is 139 cm³/mol. The van der Waals surface area contributed by atoms with Crippen LogP contribution in [0.1, 0.15) is 72.9 Å². The summed E-state index contributed by atoms with van der Waals surface area (Å²) in [6.07, 6.45) is 9.24. The van der Waals surface area contributed by atoms with Crippen molar-refractivity contribution in [2.45, 2.75) is 63.5 Å². The molecule has 3 fully saturated rings. The molecule has 7 heteroatoms. The number of ether oxygens (including phenoxy) is 1. The SMILES string of the molecule is Clc1ccc(CN2CCCC(c3ccnc4c(CNCC5CCOCC5)c(C5CC5)nn34)C2)cc1. The molecule has 4 heterocycles. The molecule has 35 heavy (non-hydrogen) atoms. The number of rotatable bonds is 8. The van der Waals surface area contributed by atoms with Gasteiger partial charge in [0.25, 0.3) is 0 Å². The van der Waals surface area contributed by atoms with Crippen molar-refractivity contribution in [1.29, 1.82) is 0 Å². The standard InChI is InChI=1S/C28H36ClN5O/c29-24-7-3-21(4-8-24)18-33-13-1-2-23(19-33)26-9-12-31-28-25(27(22-5-6-22)32-34(26)28)17-30-16-20-10-14-35-15-11-20/h3-4,7-9,12,20,22-23,30H,1-2,5-6,10-11,13-19H2. The summed E-state index contributed by atoms with van der Waals surface area (Å²) in [4.78, 5) is 7.42. The van der Waals surface area contributed by atoms with E-state index in [0.29, 0.717) is 17.8 Å². The summed E-state index contributed by atoms with van der Waals surface area (Å²) in [7, 11) is 0. The average molecular weight is 494 g/mol. The maximum absolute atomic E-state index is 6.09. The van der Waals surface area contributed by atoms with Gasteiger partial charge in [0, 0.05) is 61.5 Å². The molecule has 6 rings (SSSR count). The van der Waals surface area contributed by atoms with E-state index in [0.717, 1.165) is 69.4 Å². The molecule has 1 aliphatic carbocycles. The third kappa shape index (κ3) is 5.41. The van der Waals surface area contributed by atoms with Crippen molar-refractivity contribution in [2.24, 2.45) is 5.92 Å². The quantitative estimate of drug-likeness (QED) is 0.470. The maximum atomic E-state index is 6.09. The van der Waals surface area contributed by atoms with Crippen LogP contribution in [0, 0.1) is 5.92 Å². The Hall–Kier alpha value is -1.99. The van der Waals surface area contributed by atoms with Gasteiger partial charge in [-0.3, -0.25) is 4.90 Å². The summed E-state index contributed by atoms with van der Waals surface area (Å²) in [5, 5.41) is 9.74. The number of nitrogens with zero attached hydrogens (tertiary/aromatic N) is 4. The lowest BCUT2D eigenvalue weighted by atomic mass is 9.94. The zero-order chi connectivity index (χ0) is 23.6. The lowest BCUT2D eigenvalue weighted by Crippen LogP contribution is -2.34. The Balaban J connectivity index is 1.20. The first-order valence-electron chi connectivity index (χ1n) is 13.4. The van der Waals surface area contributed by atoms with Gasteiger partial charge in [0.1, 0.15) is 0 Å². The van der Waals surface area contributed by atoms with Crippen LogP contribution in [0.4, 0.5) is 0 Å². The fourth-order valence-corrected chi connectivity index (χ4v) is 5.96. The number of aromatic nitrogens is 3. The van der Waals surface area contributed by atoms with E-state index in [1.165, 1.54) is 48.2 Å². The van der Waals surface area contributed by atoms with Crippen LogP contribution in [0.5, 0.6) is 0 Å². The van der Waals surface area contributed by atoms with Crippen LogP contribution in [0.25, 0.3) is 5.65 Å². The summed E-state index contributed by atoms with van der Waals surface area (Å²) in [5.41, 5.74) is 6.28. The Bertz CT molecular complexity index is 1140. The molecule has 0 bridgehead atoms. The first-order valence-corrected chi connectivity index (χ1v) is 13.7. The monoisotopic (exact) mass is 493 g/mol. The first-order chi connectivity index (χ1) is 17.2. The van der Waals surface area contributed by atoms with E-state index in [-0.39, 0.29) is 0 Å². The van der Waals surface area contributed by atoms with E-state index in [2.05, 4.69) is 32.9 Å². The number of hydrogen-bond acceptors (Lipinski definition) is 5. The third-order valence-corrected chi connectivity index (χ3v) is 8.21. The third-order valence-electron chi connectivity index (χ3n) is 7.96. The van der Waals surface area contributed by atoms with Crippen LogP contribution in [-0.4, -0.2) is 52.3 Å². The highest BCUT2D eigenvalue weighted by molar-refractivity contribution is 6.30. The summed E-state index contributed by atoms with van der Waals surface area (Å²) in [5.74, 6) is 1.79. The van der Waals surface area contributed by atoms with Gasteiger partial charge >= 0.3 is 0 Å². The van der Waals surface area contributed by atoms with Crippen molar-refractivity contribution in [1.82, 2.24) is 24.8 Å². The smallest absolute Gasteiger partial charge is 0.160 e. The van der Waals surface area contributed by atoms with Gasteiger partial charge < -0.3 is 10.1 Å². The molecule has 3 aromatic rings. The van der Waals surface area contributed by atoms with Gasteiger partial charge in [-0.1, -0.05) is 23.7 Å². The minimum atomic E-state index is 0.469. The first kappa shape index (κ1) is 23.4. The summed E-state index contributed by atoms with van der Waals surface area (Å²) < 4.78 is 7.71. The molecule has 0 amide bonds. The average Bonchev–Trinajstić information content (AvgIpc) is 3.67. The Labute approximate surface area is 213 Å². The highest BCUT2D eigenvalue weighted by Gasteiger charge is 2.32. The number of hydrogen-bond donors (Lipinski definition) is 1. The van der Waals surface area contributed by atoms with Crippen molar-refractivity contribution in [2.75, 3.05) is 32.8 Å². The molecule has 6 nitrogen and oxygen atoms in total. The summed E-state index contributed by atoms with van der Waals surface area (Å²) >= 11 is 6.09. The van der Waals surface area contributed by atoms with Crippen LogP contribution in [0.15, 0.2) is 36.5 Å². The zero-order valence-corrected chi connectivity index (χ0v) is 21.2. The van der Waals surface area contributed by atoms with Gasteiger partial charge in [-0.15, -0.1) is 0 Å². The summed E-state index contributed by atoms with van der Waals surface area (Å²) in [6.45, 7) is 6.87. The maximum Gasteiger partial charge on any atom is 0.160 e. The molecule has 2 saturated heterocycles. The van der Waals surface area contributed by atoms with Gasteiger partial charge in [0.2, 0.25) is 0 Å². The predicted octanol–water partition coefficient (Wildman–Crippen LogP) is 5.16. The minimum absolute atomic E-state index is 0.469. The van der Waals surface area contributed by atoms with Gasteiger partial charge in [0.15, 0.2) is 5.65 Å². The number of fused-ring (bicyclic) bond motifs is 1. The highest BCUT2D eigenvalue weighted by Crippen LogP contribution is 2.42. The summed E-state index contributed by atoms with van der Waals surface area (Å²) in [6, 6.07) is 10.5. The van der Waals surface area contributed by atoms with E-state index in [1.807, 2.05) is 18.3 Å². The molecule has 3 aliphatic rings. The number of likely N-dealkylation sites (tertiary alicyclic amines) is 1. The number of benzene rings is 1. The normalized spacial score (nSPS) is 22.1. The molecule has 1 atom stereocenters. The lowest BCUT2D eigenvalue weighted by Gasteiger charge is -2.33.